The van der Waals surface area contributed by atoms with Crippen LogP contribution in [0.4, 0.5) is 11.9 Å². The first-order valence-corrected chi connectivity index (χ1v) is 6.19. The van der Waals surface area contributed by atoms with E-state index >= 15 is 0 Å². The van der Waals surface area contributed by atoms with Crippen molar-refractivity contribution in [3.8, 4) is 6.01 Å². The van der Waals surface area contributed by atoms with Crippen LogP contribution < -0.4 is 15.4 Å². The van der Waals surface area contributed by atoms with Gasteiger partial charge in [0.1, 0.15) is 0 Å². The lowest BCUT2D eigenvalue weighted by molar-refractivity contribution is 0.312. The largest absolute Gasteiger partial charge is 0.472 e. The Labute approximate surface area is 111 Å². The molecule has 0 amide bonds. The van der Waals surface area contributed by atoms with Crippen LogP contribution in [0.25, 0.3) is 0 Å². The summed E-state index contributed by atoms with van der Waals surface area (Å²) in [6.45, 7) is 5.68. The minimum Gasteiger partial charge on any atom is -0.472 e. The van der Waals surface area contributed by atoms with Gasteiger partial charge in [-0.2, -0.15) is 15.0 Å². The molecule has 0 fully saturated rings. The van der Waals surface area contributed by atoms with E-state index in [2.05, 4.69) is 25.6 Å². The van der Waals surface area contributed by atoms with E-state index in [1.165, 1.54) is 0 Å². The number of aromatic nitrogens is 3. The summed E-state index contributed by atoms with van der Waals surface area (Å²) in [4.78, 5) is 12.6. The lowest BCUT2D eigenvalue weighted by atomic mass is 10.3. The van der Waals surface area contributed by atoms with Gasteiger partial charge in [0, 0.05) is 18.7 Å². The third-order valence-electron chi connectivity index (χ3n) is 2.25. The Balaban J connectivity index is 2.08. The quantitative estimate of drug-likeness (QED) is 0.789. The molecule has 0 saturated carbocycles. The molecule has 7 heteroatoms. The molecule has 2 N–H and O–H groups in total. The van der Waals surface area contributed by atoms with E-state index < -0.39 is 0 Å². The second-order valence-corrected chi connectivity index (χ2v) is 3.71. The topological polar surface area (TPSA) is 85.1 Å². The van der Waals surface area contributed by atoms with Crippen LogP contribution in [0.5, 0.6) is 6.01 Å². The smallest absolute Gasteiger partial charge is 0.323 e. The predicted octanol–water partition coefficient (Wildman–Crippen LogP) is 1.91. The Morgan fingerprint density at radius 1 is 1.16 bits per heavy atom. The first-order valence-electron chi connectivity index (χ1n) is 6.19. The average Bonchev–Trinajstić information content (AvgIpc) is 2.90. The molecular formula is C12H17N5O2. The molecule has 2 aromatic heterocycles. The van der Waals surface area contributed by atoms with Crippen LogP contribution in [0.2, 0.25) is 0 Å². The van der Waals surface area contributed by atoms with Crippen LogP contribution in [0.3, 0.4) is 0 Å². The zero-order valence-electron chi connectivity index (χ0n) is 11.0. The zero-order chi connectivity index (χ0) is 13.5. The Kier molecular flexibility index (Phi) is 4.54. The fourth-order valence-corrected chi connectivity index (χ4v) is 1.44. The van der Waals surface area contributed by atoms with Crippen molar-refractivity contribution in [2.24, 2.45) is 0 Å². The van der Waals surface area contributed by atoms with Gasteiger partial charge in [-0.1, -0.05) is 0 Å². The van der Waals surface area contributed by atoms with E-state index in [4.69, 9.17) is 9.15 Å². The Morgan fingerprint density at radius 3 is 2.58 bits per heavy atom. The highest BCUT2D eigenvalue weighted by molar-refractivity contribution is 5.36. The molecule has 0 saturated heterocycles. The molecule has 0 unspecified atom stereocenters. The second kappa shape index (κ2) is 6.58. The standard InChI is InChI=1S/C12H17N5O2/c1-3-13-10-15-11(17-12(16-10)19-4-2)14-7-9-5-6-18-8-9/h5-6,8H,3-4,7H2,1-2H3,(H2,13,14,15,16,17). The summed E-state index contributed by atoms with van der Waals surface area (Å²) in [6, 6.07) is 2.19. The maximum absolute atomic E-state index is 5.31. The van der Waals surface area contributed by atoms with Crippen molar-refractivity contribution in [3.05, 3.63) is 24.2 Å². The van der Waals surface area contributed by atoms with Crippen molar-refractivity contribution in [2.75, 3.05) is 23.8 Å². The summed E-state index contributed by atoms with van der Waals surface area (Å²) in [6.07, 6.45) is 3.29. The molecule has 0 spiro atoms. The van der Waals surface area contributed by atoms with E-state index in [1.54, 1.807) is 12.5 Å². The normalized spacial score (nSPS) is 10.2. The van der Waals surface area contributed by atoms with Gasteiger partial charge in [0.25, 0.3) is 0 Å². The molecule has 102 valence electrons. The number of furan rings is 1. The molecule has 2 heterocycles. The van der Waals surface area contributed by atoms with Crippen molar-refractivity contribution in [2.45, 2.75) is 20.4 Å². The molecule has 0 radical (unpaired) electrons. The summed E-state index contributed by atoms with van der Waals surface area (Å²) < 4.78 is 10.3. The highest BCUT2D eigenvalue weighted by Gasteiger charge is 2.06. The fourth-order valence-electron chi connectivity index (χ4n) is 1.44. The summed E-state index contributed by atoms with van der Waals surface area (Å²) in [5, 5.41) is 6.14. The van der Waals surface area contributed by atoms with Crippen molar-refractivity contribution in [1.29, 1.82) is 0 Å². The van der Waals surface area contributed by atoms with Crippen LogP contribution in [-0.4, -0.2) is 28.1 Å². The number of ether oxygens (including phenoxy) is 1. The Hall–Kier alpha value is -2.31. The van der Waals surface area contributed by atoms with E-state index in [0.717, 1.165) is 12.1 Å². The van der Waals surface area contributed by atoms with E-state index in [1.807, 2.05) is 19.9 Å². The van der Waals surface area contributed by atoms with Gasteiger partial charge in [0.15, 0.2) is 0 Å². The van der Waals surface area contributed by atoms with Crippen LogP contribution >= 0.6 is 0 Å². The van der Waals surface area contributed by atoms with Gasteiger partial charge >= 0.3 is 6.01 Å². The van der Waals surface area contributed by atoms with E-state index in [-0.39, 0.29) is 0 Å². The molecule has 0 aliphatic rings. The van der Waals surface area contributed by atoms with Crippen LogP contribution in [-0.2, 0) is 6.54 Å². The van der Waals surface area contributed by atoms with E-state index in [9.17, 15) is 0 Å². The van der Waals surface area contributed by atoms with Gasteiger partial charge in [0.05, 0.1) is 19.1 Å². The number of anilines is 2. The molecule has 19 heavy (non-hydrogen) atoms. The van der Waals surface area contributed by atoms with Gasteiger partial charge in [0.2, 0.25) is 11.9 Å². The molecule has 2 aromatic rings. The number of hydrogen-bond acceptors (Lipinski definition) is 7. The molecule has 0 aliphatic carbocycles. The lowest BCUT2D eigenvalue weighted by Crippen LogP contribution is -2.10. The Bertz CT molecular complexity index is 477. The first-order chi connectivity index (χ1) is 9.31. The van der Waals surface area contributed by atoms with Crippen LogP contribution in [0.15, 0.2) is 23.0 Å². The molecule has 0 atom stereocenters. The summed E-state index contributed by atoms with van der Waals surface area (Å²) in [7, 11) is 0. The maximum atomic E-state index is 5.31. The van der Waals surface area contributed by atoms with Crippen molar-refractivity contribution >= 4 is 11.9 Å². The third kappa shape index (κ3) is 3.84. The second-order valence-electron chi connectivity index (χ2n) is 3.71. The predicted molar refractivity (Wildman–Crippen MR) is 71.2 cm³/mol. The first kappa shape index (κ1) is 13.1. The minimum atomic E-state index is 0.308. The molecular weight excluding hydrogens is 246 g/mol. The monoisotopic (exact) mass is 263 g/mol. The van der Waals surface area contributed by atoms with Crippen molar-refractivity contribution < 1.29 is 9.15 Å². The van der Waals surface area contributed by atoms with Gasteiger partial charge in [-0.3, -0.25) is 0 Å². The number of rotatable bonds is 7. The molecule has 0 aliphatic heterocycles. The third-order valence-corrected chi connectivity index (χ3v) is 2.25. The van der Waals surface area contributed by atoms with Crippen LogP contribution in [0, 0.1) is 0 Å². The molecule has 0 bridgehead atoms. The summed E-state index contributed by atoms with van der Waals surface area (Å²) >= 11 is 0. The molecule has 7 nitrogen and oxygen atoms in total. The molecule has 2 rings (SSSR count). The summed E-state index contributed by atoms with van der Waals surface area (Å²) in [5.74, 6) is 0.964. The number of nitrogens with zero attached hydrogens (tertiary/aromatic N) is 3. The number of hydrogen-bond donors (Lipinski definition) is 2. The minimum absolute atomic E-state index is 0.308. The Morgan fingerprint density at radius 2 is 1.95 bits per heavy atom. The van der Waals surface area contributed by atoms with Gasteiger partial charge in [-0.15, -0.1) is 0 Å². The van der Waals surface area contributed by atoms with Crippen LogP contribution in [0.1, 0.15) is 19.4 Å². The van der Waals surface area contributed by atoms with E-state index in [0.29, 0.717) is 31.1 Å². The average molecular weight is 263 g/mol. The van der Waals surface area contributed by atoms with Gasteiger partial charge < -0.3 is 19.8 Å². The molecule has 0 aromatic carbocycles. The fraction of sp³-hybridized carbons (Fsp3) is 0.417. The van der Waals surface area contributed by atoms with Gasteiger partial charge in [-0.05, 0) is 19.9 Å². The SMILES string of the molecule is CCNc1nc(NCc2ccoc2)nc(OCC)n1. The summed E-state index contributed by atoms with van der Waals surface area (Å²) in [5.41, 5.74) is 1.02. The van der Waals surface area contributed by atoms with Crippen molar-refractivity contribution in [1.82, 2.24) is 15.0 Å². The lowest BCUT2D eigenvalue weighted by Gasteiger charge is -2.08. The number of nitrogens with one attached hydrogen (secondary N) is 2. The highest BCUT2D eigenvalue weighted by Crippen LogP contribution is 2.12. The zero-order valence-corrected chi connectivity index (χ0v) is 11.0. The van der Waals surface area contributed by atoms with Crippen molar-refractivity contribution in [3.63, 3.8) is 0 Å². The van der Waals surface area contributed by atoms with Gasteiger partial charge in [-0.25, -0.2) is 0 Å². The highest BCUT2D eigenvalue weighted by atomic mass is 16.5. The maximum Gasteiger partial charge on any atom is 0.323 e.